The van der Waals surface area contributed by atoms with Crippen molar-refractivity contribution in [2.75, 3.05) is 0 Å². The molecule has 122 valence electrons. The van der Waals surface area contributed by atoms with Gasteiger partial charge in [-0.05, 0) is 37.0 Å². The molecule has 0 bridgehead atoms. The van der Waals surface area contributed by atoms with E-state index in [-0.39, 0.29) is 11.6 Å². The van der Waals surface area contributed by atoms with Crippen LogP contribution < -0.4 is 5.73 Å². The second-order valence-electron chi connectivity index (χ2n) is 6.46. The molecule has 1 fully saturated rings. The Morgan fingerprint density at radius 3 is 2.52 bits per heavy atom. The van der Waals surface area contributed by atoms with Crippen molar-refractivity contribution in [3.63, 3.8) is 0 Å². The summed E-state index contributed by atoms with van der Waals surface area (Å²) >= 11 is 0. The number of fused-ring (bicyclic) bond motifs is 1. The van der Waals surface area contributed by atoms with Crippen molar-refractivity contribution in [1.29, 1.82) is 0 Å². The number of aliphatic hydroxyl groups excluding tert-OH is 1. The van der Waals surface area contributed by atoms with Gasteiger partial charge in [0, 0.05) is 6.54 Å². The fraction of sp³-hybridized carbons (Fsp3) is 0.412. The molecule has 0 spiro atoms. The first-order valence-corrected chi connectivity index (χ1v) is 7.59. The van der Waals surface area contributed by atoms with Crippen molar-refractivity contribution in [3.8, 4) is 0 Å². The summed E-state index contributed by atoms with van der Waals surface area (Å²) in [7, 11) is 0. The fourth-order valence-corrected chi connectivity index (χ4v) is 3.89. The molecular weight excluding hydrogens is 296 g/mol. The van der Waals surface area contributed by atoms with Gasteiger partial charge in [-0.1, -0.05) is 24.3 Å². The third kappa shape index (κ3) is 2.09. The number of carboxylic acids is 1. The number of aliphatic carboxylic acids is 1. The van der Waals surface area contributed by atoms with Crippen molar-refractivity contribution >= 4 is 17.4 Å². The van der Waals surface area contributed by atoms with Gasteiger partial charge in [-0.25, -0.2) is 4.79 Å². The number of aliphatic hydroxyl groups is 1. The van der Waals surface area contributed by atoms with Gasteiger partial charge in [-0.3, -0.25) is 9.69 Å². The number of β-lactam (4-membered cyclic amide) rings is 1. The van der Waals surface area contributed by atoms with Crippen LogP contribution in [0.25, 0.3) is 5.57 Å². The van der Waals surface area contributed by atoms with Crippen LogP contribution in [0.4, 0.5) is 0 Å². The maximum atomic E-state index is 12.3. The summed E-state index contributed by atoms with van der Waals surface area (Å²) < 4.78 is 0. The number of amides is 1. The Hall–Kier alpha value is -2.18. The Morgan fingerprint density at radius 1 is 1.43 bits per heavy atom. The standard InChI is InChI=1S/C17H20N2O4/c1-9(20)13-15(21)19-14(16(22)23)12(7-17(13,19)2)11-5-3-10(8-18)4-6-11/h3-6,9,13,20H,7-8,18H2,1-2H3,(H,22,23)/t9?,13?,17-/m1/s1. The fourth-order valence-electron chi connectivity index (χ4n) is 3.89. The van der Waals surface area contributed by atoms with Gasteiger partial charge in [-0.2, -0.15) is 0 Å². The Morgan fingerprint density at radius 2 is 2.04 bits per heavy atom. The van der Waals surface area contributed by atoms with Crippen LogP contribution in [-0.4, -0.2) is 38.6 Å². The highest BCUT2D eigenvalue weighted by atomic mass is 16.4. The van der Waals surface area contributed by atoms with E-state index in [0.717, 1.165) is 11.1 Å². The molecule has 6 nitrogen and oxygen atoms in total. The number of hydrogen-bond donors (Lipinski definition) is 3. The van der Waals surface area contributed by atoms with Crippen LogP contribution in [-0.2, 0) is 16.1 Å². The molecule has 0 aromatic heterocycles. The zero-order valence-electron chi connectivity index (χ0n) is 13.1. The number of rotatable bonds is 4. The summed E-state index contributed by atoms with van der Waals surface area (Å²) in [4.78, 5) is 25.4. The monoisotopic (exact) mass is 316 g/mol. The summed E-state index contributed by atoms with van der Waals surface area (Å²) in [6, 6.07) is 7.37. The van der Waals surface area contributed by atoms with Gasteiger partial charge < -0.3 is 15.9 Å². The largest absolute Gasteiger partial charge is 0.477 e. The van der Waals surface area contributed by atoms with Crippen molar-refractivity contribution in [2.45, 2.75) is 38.5 Å². The van der Waals surface area contributed by atoms with E-state index in [1.54, 1.807) is 6.92 Å². The lowest BCUT2D eigenvalue weighted by Gasteiger charge is -2.53. The highest BCUT2D eigenvalue weighted by molar-refractivity contribution is 6.07. The van der Waals surface area contributed by atoms with Crippen LogP contribution in [0, 0.1) is 5.92 Å². The van der Waals surface area contributed by atoms with Crippen LogP contribution >= 0.6 is 0 Å². The van der Waals surface area contributed by atoms with E-state index in [9.17, 15) is 19.8 Å². The van der Waals surface area contributed by atoms with Gasteiger partial charge in [0.25, 0.3) is 0 Å². The van der Waals surface area contributed by atoms with Crippen LogP contribution in [0.2, 0.25) is 0 Å². The predicted molar refractivity (Wildman–Crippen MR) is 83.9 cm³/mol. The number of carboxylic acid groups (broad SMARTS) is 1. The Kier molecular flexibility index (Phi) is 3.54. The number of benzene rings is 1. The molecule has 3 atom stereocenters. The van der Waals surface area contributed by atoms with E-state index in [2.05, 4.69) is 0 Å². The number of carbonyl (C=O) groups excluding carboxylic acids is 1. The molecule has 1 amide bonds. The van der Waals surface area contributed by atoms with E-state index in [0.29, 0.717) is 18.5 Å². The summed E-state index contributed by atoms with van der Waals surface area (Å²) in [6.45, 7) is 3.81. The molecule has 2 heterocycles. The summed E-state index contributed by atoms with van der Waals surface area (Å²) in [5.41, 5.74) is 7.28. The minimum absolute atomic E-state index is 0.0231. The van der Waals surface area contributed by atoms with Gasteiger partial charge in [0.15, 0.2) is 0 Å². The average Bonchev–Trinajstić information content (AvgIpc) is 2.76. The highest BCUT2D eigenvalue weighted by Gasteiger charge is 2.64. The van der Waals surface area contributed by atoms with E-state index in [4.69, 9.17) is 5.73 Å². The number of nitrogens with zero attached hydrogens (tertiary/aromatic N) is 1. The molecule has 0 saturated carbocycles. The molecule has 2 aliphatic heterocycles. The topological polar surface area (TPSA) is 104 Å². The Balaban J connectivity index is 2.06. The number of hydrogen-bond acceptors (Lipinski definition) is 4. The van der Waals surface area contributed by atoms with Crippen molar-refractivity contribution in [1.82, 2.24) is 4.90 Å². The quantitative estimate of drug-likeness (QED) is 0.717. The van der Waals surface area contributed by atoms with Gasteiger partial charge in [0.2, 0.25) is 5.91 Å². The highest BCUT2D eigenvalue weighted by Crippen LogP contribution is 2.54. The summed E-state index contributed by atoms with van der Waals surface area (Å²) in [5.74, 6) is -2.02. The van der Waals surface area contributed by atoms with Crippen LogP contribution in [0.3, 0.4) is 0 Å². The Bertz CT molecular complexity index is 708. The minimum atomic E-state index is -1.12. The van der Waals surface area contributed by atoms with Gasteiger partial charge in [0.05, 0.1) is 17.6 Å². The smallest absolute Gasteiger partial charge is 0.352 e. The molecule has 0 radical (unpaired) electrons. The molecule has 0 aliphatic carbocycles. The summed E-state index contributed by atoms with van der Waals surface area (Å²) in [6.07, 6.45) is -0.393. The lowest BCUT2D eigenvalue weighted by molar-refractivity contribution is -0.173. The molecule has 6 heteroatoms. The molecular formula is C17H20N2O4. The van der Waals surface area contributed by atoms with Crippen molar-refractivity contribution in [3.05, 3.63) is 41.1 Å². The third-order valence-corrected chi connectivity index (χ3v) is 4.93. The van der Waals surface area contributed by atoms with Crippen LogP contribution in [0.5, 0.6) is 0 Å². The summed E-state index contributed by atoms with van der Waals surface area (Å²) in [5, 5.41) is 19.5. The normalized spacial score (nSPS) is 27.7. The van der Waals surface area contributed by atoms with Crippen LogP contribution in [0.1, 0.15) is 31.4 Å². The zero-order chi connectivity index (χ0) is 16.9. The number of carbonyl (C=O) groups is 2. The van der Waals surface area contributed by atoms with E-state index >= 15 is 0 Å². The van der Waals surface area contributed by atoms with E-state index in [1.807, 2.05) is 31.2 Å². The van der Waals surface area contributed by atoms with E-state index in [1.165, 1.54) is 4.90 Å². The average molecular weight is 316 g/mol. The lowest BCUT2D eigenvalue weighted by Crippen LogP contribution is -2.69. The van der Waals surface area contributed by atoms with Gasteiger partial charge >= 0.3 is 5.97 Å². The SMILES string of the molecule is CC(O)C1C(=O)N2C(C(=O)O)=C(c3ccc(CN)cc3)C[C@]12C. The van der Waals surface area contributed by atoms with Gasteiger partial charge in [0.1, 0.15) is 5.70 Å². The molecule has 2 aliphatic rings. The third-order valence-electron chi connectivity index (χ3n) is 4.93. The number of nitrogens with two attached hydrogens (primary N) is 1. The Labute approximate surface area is 134 Å². The maximum absolute atomic E-state index is 12.3. The predicted octanol–water partition coefficient (Wildman–Crippen LogP) is 0.943. The molecule has 3 rings (SSSR count). The molecule has 1 saturated heterocycles. The molecule has 23 heavy (non-hydrogen) atoms. The van der Waals surface area contributed by atoms with Crippen molar-refractivity contribution in [2.24, 2.45) is 11.7 Å². The first-order valence-electron chi connectivity index (χ1n) is 7.59. The second-order valence-corrected chi connectivity index (χ2v) is 6.46. The molecule has 4 N–H and O–H groups in total. The molecule has 1 aromatic carbocycles. The zero-order valence-corrected chi connectivity index (χ0v) is 13.1. The first kappa shape index (κ1) is 15.7. The van der Waals surface area contributed by atoms with Crippen LogP contribution in [0.15, 0.2) is 30.0 Å². The van der Waals surface area contributed by atoms with Crippen molar-refractivity contribution < 1.29 is 19.8 Å². The minimum Gasteiger partial charge on any atom is -0.477 e. The first-order chi connectivity index (χ1) is 10.8. The van der Waals surface area contributed by atoms with Gasteiger partial charge in [-0.15, -0.1) is 0 Å². The lowest BCUT2D eigenvalue weighted by atomic mass is 9.70. The maximum Gasteiger partial charge on any atom is 0.352 e. The molecule has 1 aromatic rings. The second kappa shape index (κ2) is 5.18. The molecule has 2 unspecified atom stereocenters. The van der Waals surface area contributed by atoms with E-state index < -0.39 is 23.5 Å².